The molecule has 1 aromatic carbocycles. The van der Waals surface area contributed by atoms with E-state index in [2.05, 4.69) is 22.0 Å². The number of aromatic nitrogens is 2. The van der Waals surface area contributed by atoms with Crippen molar-refractivity contribution in [3.63, 3.8) is 0 Å². The van der Waals surface area contributed by atoms with Crippen LogP contribution in [0.15, 0.2) is 51.4 Å². The van der Waals surface area contributed by atoms with Gasteiger partial charge in [-0.3, -0.25) is 4.90 Å². The number of nitrogens with zero attached hydrogens (tertiary/aromatic N) is 3. The Hall–Kier alpha value is -2.44. The van der Waals surface area contributed by atoms with Crippen molar-refractivity contribution in [3.05, 3.63) is 59.8 Å². The fourth-order valence-electron chi connectivity index (χ4n) is 3.09. The normalized spacial score (nSPS) is 19.8. The number of morpholine rings is 1. The number of hydrogen-bond acceptors (Lipinski definition) is 6. The second-order valence-corrected chi connectivity index (χ2v) is 6.30. The van der Waals surface area contributed by atoms with Gasteiger partial charge in [0, 0.05) is 18.7 Å². The van der Waals surface area contributed by atoms with Crippen LogP contribution in [0.2, 0.25) is 0 Å². The molecule has 0 bridgehead atoms. The summed E-state index contributed by atoms with van der Waals surface area (Å²) in [4.78, 5) is 6.87. The van der Waals surface area contributed by atoms with Gasteiger partial charge < -0.3 is 13.7 Å². The molecular formula is C19H21N3O3. The van der Waals surface area contributed by atoms with E-state index in [0.29, 0.717) is 18.3 Å². The predicted molar refractivity (Wildman–Crippen MR) is 91.9 cm³/mol. The van der Waals surface area contributed by atoms with Gasteiger partial charge in [-0.2, -0.15) is 4.98 Å². The van der Waals surface area contributed by atoms with Gasteiger partial charge in [0.25, 0.3) is 5.89 Å². The Kier molecular flexibility index (Phi) is 4.38. The van der Waals surface area contributed by atoms with E-state index in [-0.39, 0.29) is 12.1 Å². The lowest BCUT2D eigenvalue weighted by Gasteiger charge is -2.34. The van der Waals surface area contributed by atoms with Gasteiger partial charge in [0.1, 0.15) is 17.6 Å². The maximum atomic E-state index is 5.87. The molecule has 0 radical (unpaired) electrons. The van der Waals surface area contributed by atoms with Gasteiger partial charge in [-0.05, 0) is 38.1 Å². The van der Waals surface area contributed by atoms with Crippen LogP contribution in [0.5, 0.6) is 0 Å². The van der Waals surface area contributed by atoms with Crippen LogP contribution in [-0.4, -0.2) is 34.7 Å². The SMILES string of the molecule is Cc1ccc([C@@H]2CN([C@@H](C)c3noc(-c4ccccc4)n3)CCO2)o1. The second-order valence-electron chi connectivity index (χ2n) is 6.30. The van der Waals surface area contributed by atoms with E-state index in [1.807, 2.05) is 49.4 Å². The zero-order valence-electron chi connectivity index (χ0n) is 14.4. The first-order valence-electron chi connectivity index (χ1n) is 8.52. The van der Waals surface area contributed by atoms with Crippen molar-refractivity contribution in [1.82, 2.24) is 15.0 Å². The molecule has 3 aromatic rings. The smallest absolute Gasteiger partial charge is 0.257 e. The molecular weight excluding hydrogens is 318 g/mol. The van der Waals surface area contributed by atoms with E-state index in [9.17, 15) is 0 Å². The van der Waals surface area contributed by atoms with Crippen LogP contribution in [0, 0.1) is 6.92 Å². The summed E-state index contributed by atoms with van der Waals surface area (Å²) >= 11 is 0. The molecule has 0 unspecified atom stereocenters. The Morgan fingerprint density at radius 2 is 2.00 bits per heavy atom. The molecule has 0 spiro atoms. The molecule has 0 N–H and O–H groups in total. The Bertz CT molecular complexity index is 827. The van der Waals surface area contributed by atoms with Crippen LogP contribution in [0.3, 0.4) is 0 Å². The first-order valence-corrected chi connectivity index (χ1v) is 8.52. The number of benzene rings is 1. The Morgan fingerprint density at radius 3 is 2.76 bits per heavy atom. The average molecular weight is 339 g/mol. The van der Waals surface area contributed by atoms with E-state index >= 15 is 0 Å². The summed E-state index contributed by atoms with van der Waals surface area (Å²) in [6.45, 7) is 6.25. The van der Waals surface area contributed by atoms with Crippen molar-refractivity contribution in [2.75, 3.05) is 19.7 Å². The maximum Gasteiger partial charge on any atom is 0.257 e. The molecule has 1 aliphatic heterocycles. The lowest BCUT2D eigenvalue weighted by molar-refractivity contribution is -0.0537. The molecule has 1 fully saturated rings. The summed E-state index contributed by atoms with van der Waals surface area (Å²) in [5, 5.41) is 4.18. The first kappa shape index (κ1) is 16.1. The number of hydrogen-bond donors (Lipinski definition) is 0. The fourth-order valence-corrected chi connectivity index (χ4v) is 3.09. The lowest BCUT2D eigenvalue weighted by Crippen LogP contribution is -2.40. The van der Waals surface area contributed by atoms with Gasteiger partial charge in [-0.15, -0.1) is 0 Å². The zero-order valence-corrected chi connectivity index (χ0v) is 14.4. The average Bonchev–Trinajstić information content (AvgIpc) is 3.31. The first-order chi connectivity index (χ1) is 12.2. The van der Waals surface area contributed by atoms with E-state index in [1.165, 1.54) is 0 Å². The van der Waals surface area contributed by atoms with Crippen LogP contribution in [-0.2, 0) is 4.74 Å². The van der Waals surface area contributed by atoms with Crippen LogP contribution in [0.1, 0.15) is 36.4 Å². The standard InChI is InChI=1S/C19H21N3O3/c1-13-8-9-16(24-13)17-12-22(10-11-23-17)14(2)18-20-19(25-21-18)15-6-4-3-5-7-15/h3-9,14,17H,10-12H2,1-2H3/t14-,17-/m0/s1. The van der Waals surface area contributed by atoms with Crippen molar-refractivity contribution >= 4 is 0 Å². The molecule has 6 heteroatoms. The summed E-state index contributed by atoms with van der Waals surface area (Å²) in [5.74, 6) is 3.01. The summed E-state index contributed by atoms with van der Waals surface area (Å²) in [5.41, 5.74) is 0.930. The topological polar surface area (TPSA) is 64.5 Å². The van der Waals surface area contributed by atoms with Gasteiger partial charge in [-0.25, -0.2) is 0 Å². The van der Waals surface area contributed by atoms with Crippen LogP contribution < -0.4 is 0 Å². The molecule has 25 heavy (non-hydrogen) atoms. The second kappa shape index (κ2) is 6.82. The predicted octanol–water partition coefficient (Wildman–Crippen LogP) is 3.77. The van der Waals surface area contributed by atoms with E-state index in [0.717, 1.165) is 30.2 Å². The molecule has 2 aromatic heterocycles. The minimum absolute atomic E-state index is 0.0451. The van der Waals surface area contributed by atoms with Crippen LogP contribution in [0.4, 0.5) is 0 Å². The number of furan rings is 1. The summed E-state index contributed by atoms with van der Waals surface area (Å²) in [6.07, 6.45) is -0.0644. The Morgan fingerprint density at radius 1 is 1.16 bits per heavy atom. The molecule has 3 heterocycles. The fraction of sp³-hybridized carbons (Fsp3) is 0.368. The largest absolute Gasteiger partial charge is 0.464 e. The number of aryl methyl sites for hydroxylation is 1. The van der Waals surface area contributed by atoms with Crippen molar-refractivity contribution in [2.24, 2.45) is 0 Å². The third-order valence-corrected chi connectivity index (χ3v) is 4.56. The minimum Gasteiger partial charge on any atom is -0.464 e. The summed E-state index contributed by atoms with van der Waals surface area (Å²) in [6, 6.07) is 13.8. The molecule has 6 nitrogen and oxygen atoms in total. The summed E-state index contributed by atoms with van der Waals surface area (Å²) in [7, 11) is 0. The molecule has 0 amide bonds. The zero-order chi connectivity index (χ0) is 17.2. The Balaban J connectivity index is 1.49. The molecule has 1 saturated heterocycles. The molecule has 0 aliphatic carbocycles. The van der Waals surface area contributed by atoms with Gasteiger partial charge in [-0.1, -0.05) is 23.4 Å². The number of ether oxygens (including phenoxy) is 1. The molecule has 4 rings (SSSR count). The van der Waals surface area contributed by atoms with Crippen molar-refractivity contribution in [3.8, 4) is 11.5 Å². The highest BCUT2D eigenvalue weighted by Gasteiger charge is 2.30. The Labute approximate surface area is 146 Å². The third kappa shape index (κ3) is 3.36. The van der Waals surface area contributed by atoms with E-state index < -0.39 is 0 Å². The van der Waals surface area contributed by atoms with Crippen LogP contribution in [0.25, 0.3) is 11.5 Å². The molecule has 2 atom stereocenters. The van der Waals surface area contributed by atoms with Gasteiger partial charge in [0.05, 0.1) is 12.6 Å². The van der Waals surface area contributed by atoms with Crippen molar-refractivity contribution in [2.45, 2.75) is 26.0 Å². The van der Waals surface area contributed by atoms with Crippen molar-refractivity contribution in [1.29, 1.82) is 0 Å². The monoisotopic (exact) mass is 339 g/mol. The van der Waals surface area contributed by atoms with Gasteiger partial charge in [0.2, 0.25) is 0 Å². The number of rotatable bonds is 4. The highest BCUT2D eigenvalue weighted by atomic mass is 16.5. The quantitative estimate of drug-likeness (QED) is 0.721. The lowest BCUT2D eigenvalue weighted by atomic mass is 10.1. The van der Waals surface area contributed by atoms with Crippen molar-refractivity contribution < 1.29 is 13.7 Å². The highest BCUT2D eigenvalue weighted by Crippen LogP contribution is 2.29. The molecule has 0 saturated carbocycles. The van der Waals surface area contributed by atoms with E-state index in [1.54, 1.807) is 0 Å². The maximum absolute atomic E-state index is 5.87. The molecule has 1 aliphatic rings. The highest BCUT2D eigenvalue weighted by molar-refractivity contribution is 5.52. The minimum atomic E-state index is -0.0644. The van der Waals surface area contributed by atoms with Gasteiger partial charge in [0.15, 0.2) is 5.82 Å². The summed E-state index contributed by atoms with van der Waals surface area (Å²) < 4.78 is 17.0. The van der Waals surface area contributed by atoms with E-state index in [4.69, 9.17) is 13.7 Å². The third-order valence-electron chi connectivity index (χ3n) is 4.56. The van der Waals surface area contributed by atoms with Gasteiger partial charge >= 0.3 is 0 Å². The van der Waals surface area contributed by atoms with Crippen LogP contribution >= 0.6 is 0 Å². The molecule has 130 valence electrons.